The van der Waals surface area contributed by atoms with E-state index in [1.807, 2.05) is 30.3 Å². The number of rotatable bonds is 3. The van der Waals surface area contributed by atoms with Crippen LogP contribution >= 0.6 is 0 Å². The fourth-order valence-electron chi connectivity index (χ4n) is 4.44. The molecule has 5 heteroatoms. The molecule has 5 nitrogen and oxygen atoms in total. The lowest BCUT2D eigenvalue weighted by atomic mass is 9.98. The minimum atomic E-state index is -0.274. The Kier molecular flexibility index (Phi) is 4.74. The van der Waals surface area contributed by atoms with Crippen LogP contribution in [0.4, 0.5) is 4.79 Å². The van der Waals surface area contributed by atoms with Crippen LogP contribution in [0.5, 0.6) is 0 Å². The fourth-order valence-corrected chi connectivity index (χ4v) is 4.44. The average Bonchev–Trinajstić information content (AvgIpc) is 3.12. The normalized spacial score (nSPS) is 18.2. The van der Waals surface area contributed by atoms with Gasteiger partial charge in [-0.15, -0.1) is 0 Å². The number of carbonyl (C=O) groups excluding carboxylic acids is 1. The highest BCUT2D eigenvalue weighted by Crippen LogP contribution is 2.44. The number of nitrogens with one attached hydrogen (secondary N) is 1. The Morgan fingerprint density at radius 3 is 2.38 bits per heavy atom. The van der Waals surface area contributed by atoms with Gasteiger partial charge >= 0.3 is 6.09 Å². The Morgan fingerprint density at radius 2 is 1.69 bits per heavy atom. The Balaban J connectivity index is 1.35. The highest BCUT2D eigenvalue weighted by Gasteiger charge is 2.33. The van der Waals surface area contributed by atoms with Gasteiger partial charge in [-0.3, -0.25) is 9.88 Å². The third kappa shape index (κ3) is 3.28. The van der Waals surface area contributed by atoms with Gasteiger partial charge in [-0.25, -0.2) is 4.79 Å². The zero-order valence-electron chi connectivity index (χ0n) is 16.1. The molecule has 1 aromatic heterocycles. The number of aromatic nitrogens is 1. The SMILES string of the molecule is O=C(OCC1c2ccccc2-c2ccccc21)N1CCNCC1c1ccccn1. The zero-order valence-corrected chi connectivity index (χ0v) is 16.1. The van der Waals surface area contributed by atoms with Crippen LogP contribution in [-0.4, -0.2) is 42.2 Å². The third-order valence-electron chi connectivity index (χ3n) is 5.84. The van der Waals surface area contributed by atoms with E-state index in [1.165, 1.54) is 22.3 Å². The van der Waals surface area contributed by atoms with E-state index < -0.39 is 0 Å². The van der Waals surface area contributed by atoms with Gasteiger partial charge < -0.3 is 10.1 Å². The van der Waals surface area contributed by atoms with Crippen molar-refractivity contribution in [1.82, 2.24) is 15.2 Å². The van der Waals surface area contributed by atoms with E-state index in [0.717, 1.165) is 12.2 Å². The quantitative estimate of drug-likeness (QED) is 0.741. The second-order valence-corrected chi connectivity index (χ2v) is 7.47. The van der Waals surface area contributed by atoms with Crippen LogP contribution in [0.3, 0.4) is 0 Å². The predicted molar refractivity (Wildman–Crippen MR) is 112 cm³/mol. The molecule has 146 valence electrons. The molecular formula is C24H23N3O2. The first kappa shape index (κ1) is 17.9. The Hall–Kier alpha value is -3.18. The monoisotopic (exact) mass is 385 g/mol. The second-order valence-electron chi connectivity index (χ2n) is 7.47. The summed E-state index contributed by atoms with van der Waals surface area (Å²) in [5, 5.41) is 3.35. The summed E-state index contributed by atoms with van der Waals surface area (Å²) >= 11 is 0. The van der Waals surface area contributed by atoms with Crippen molar-refractivity contribution in [2.24, 2.45) is 0 Å². The Morgan fingerprint density at radius 1 is 1.00 bits per heavy atom. The molecule has 1 N–H and O–H groups in total. The third-order valence-corrected chi connectivity index (χ3v) is 5.84. The minimum Gasteiger partial charge on any atom is -0.448 e. The smallest absolute Gasteiger partial charge is 0.410 e. The second kappa shape index (κ2) is 7.68. The van der Waals surface area contributed by atoms with Gasteiger partial charge in [0, 0.05) is 31.7 Å². The summed E-state index contributed by atoms with van der Waals surface area (Å²) in [7, 11) is 0. The van der Waals surface area contributed by atoms with Crippen LogP contribution < -0.4 is 5.32 Å². The van der Waals surface area contributed by atoms with Crippen molar-refractivity contribution >= 4 is 6.09 Å². The summed E-state index contributed by atoms with van der Waals surface area (Å²) in [6.45, 7) is 2.39. The van der Waals surface area contributed by atoms with Gasteiger partial charge in [-0.1, -0.05) is 54.6 Å². The highest BCUT2D eigenvalue weighted by molar-refractivity contribution is 5.79. The molecule has 29 heavy (non-hydrogen) atoms. The molecule has 1 aliphatic heterocycles. The first-order chi connectivity index (χ1) is 14.3. The van der Waals surface area contributed by atoms with Crippen molar-refractivity contribution in [3.8, 4) is 11.1 Å². The summed E-state index contributed by atoms with van der Waals surface area (Å²) in [6, 6.07) is 22.5. The molecule has 5 rings (SSSR count). The summed E-state index contributed by atoms with van der Waals surface area (Å²) < 4.78 is 5.86. The van der Waals surface area contributed by atoms with E-state index in [2.05, 4.69) is 46.7 Å². The number of hydrogen-bond donors (Lipinski definition) is 1. The van der Waals surface area contributed by atoms with E-state index in [0.29, 0.717) is 19.7 Å². The topological polar surface area (TPSA) is 54.5 Å². The van der Waals surface area contributed by atoms with Crippen molar-refractivity contribution in [1.29, 1.82) is 0 Å². The van der Waals surface area contributed by atoms with Crippen molar-refractivity contribution < 1.29 is 9.53 Å². The van der Waals surface area contributed by atoms with Gasteiger partial charge in [0.05, 0.1) is 11.7 Å². The van der Waals surface area contributed by atoms with Crippen LogP contribution in [-0.2, 0) is 4.74 Å². The number of nitrogens with zero attached hydrogens (tertiary/aromatic N) is 2. The maximum atomic E-state index is 13.0. The zero-order chi connectivity index (χ0) is 19.6. The first-order valence-corrected chi connectivity index (χ1v) is 10.1. The summed E-state index contributed by atoms with van der Waals surface area (Å²) in [5.74, 6) is 0.0718. The predicted octanol–water partition coefficient (Wildman–Crippen LogP) is 3.98. The van der Waals surface area contributed by atoms with Gasteiger partial charge in [0.2, 0.25) is 0 Å². The molecule has 0 saturated carbocycles. The lowest BCUT2D eigenvalue weighted by Gasteiger charge is -2.35. The van der Waals surface area contributed by atoms with E-state index in [-0.39, 0.29) is 18.1 Å². The van der Waals surface area contributed by atoms with E-state index in [1.54, 1.807) is 11.1 Å². The van der Waals surface area contributed by atoms with Crippen LogP contribution in [0.2, 0.25) is 0 Å². The van der Waals surface area contributed by atoms with Crippen molar-refractivity contribution in [3.63, 3.8) is 0 Å². The number of amides is 1. The lowest BCUT2D eigenvalue weighted by molar-refractivity contribution is 0.0743. The highest BCUT2D eigenvalue weighted by atomic mass is 16.6. The van der Waals surface area contributed by atoms with Gasteiger partial charge in [0.1, 0.15) is 6.61 Å². The number of ether oxygens (including phenoxy) is 1. The number of pyridine rings is 1. The Bertz CT molecular complexity index is 976. The maximum absolute atomic E-state index is 13.0. The molecule has 1 aliphatic carbocycles. The van der Waals surface area contributed by atoms with Gasteiger partial charge in [0.25, 0.3) is 0 Å². The molecule has 2 aliphatic rings. The molecule has 2 heterocycles. The summed E-state index contributed by atoms with van der Waals surface area (Å²) in [4.78, 5) is 19.3. The standard InChI is InChI=1S/C24H23N3O2/c28-24(27-14-13-25-15-23(27)22-11-5-6-12-26-22)29-16-21-19-9-3-1-7-17(19)18-8-2-4-10-20(18)21/h1-12,21,23,25H,13-16H2. The fraction of sp³-hybridized carbons (Fsp3) is 0.250. The molecule has 1 atom stereocenters. The largest absolute Gasteiger partial charge is 0.448 e. The van der Waals surface area contributed by atoms with Crippen molar-refractivity contribution in [3.05, 3.63) is 89.7 Å². The number of carbonyl (C=O) groups is 1. The molecule has 2 aromatic carbocycles. The number of fused-ring (bicyclic) bond motifs is 3. The molecule has 0 spiro atoms. The number of piperazine rings is 1. The van der Waals surface area contributed by atoms with Crippen LogP contribution in [0.1, 0.15) is 28.8 Å². The molecular weight excluding hydrogens is 362 g/mol. The van der Waals surface area contributed by atoms with Gasteiger partial charge in [0.15, 0.2) is 0 Å². The van der Waals surface area contributed by atoms with E-state index in [9.17, 15) is 4.79 Å². The molecule has 3 aromatic rings. The minimum absolute atomic E-state index is 0.0718. The van der Waals surface area contributed by atoms with Crippen LogP contribution in [0.15, 0.2) is 72.9 Å². The molecule has 1 fully saturated rings. The molecule has 0 radical (unpaired) electrons. The van der Waals surface area contributed by atoms with Crippen molar-refractivity contribution in [2.45, 2.75) is 12.0 Å². The molecule has 1 saturated heterocycles. The van der Waals surface area contributed by atoms with Crippen LogP contribution in [0, 0.1) is 0 Å². The molecule has 1 unspecified atom stereocenters. The maximum Gasteiger partial charge on any atom is 0.410 e. The summed E-state index contributed by atoms with van der Waals surface area (Å²) in [5.41, 5.74) is 5.80. The Labute approximate surface area is 170 Å². The summed E-state index contributed by atoms with van der Waals surface area (Å²) in [6.07, 6.45) is 1.49. The lowest BCUT2D eigenvalue weighted by Crippen LogP contribution is -2.49. The van der Waals surface area contributed by atoms with E-state index >= 15 is 0 Å². The first-order valence-electron chi connectivity index (χ1n) is 10.1. The number of hydrogen-bond acceptors (Lipinski definition) is 4. The van der Waals surface area contributed by atoms with E-state index in [4.69, 9.17) is 4.74 Å². The van der Waals surface area contributed by atoms with Gasteiger partial charge in [-0.05, 0) is 34.4 Å². The van der Waals surface area contributed by atoms with Gasteiger partial charge in [-0.2, -0.15) is 0 Å². The molecule has 0 bridgehead atoms. The van der Waals surface area contributed by atoms with Crippen molar-refractivity contribution in [2.75, 3.05) is 26.2 Å². The average molecular weight is 385 g/mol. The van der Waals surface area contributed by atoms with Crippen LogP contribution in [0.25, 0.3) is 11.1 Å². The number of benzene rings is 2. The molecule has 1 amide bonds.